The molecular formula is C10H10N2O3S. The Bertz CT molecular complexity index is 485. The van der Waals surface area contributed by atoms with Crippen LogP contribution in [0, 0.1) is 19.3 Å². The summed E-state index contributed by atoms with van der Waals surface area (Å²) in [6, 6.07) is 0. The van der Waals surface area contributed by atoms with Gasteiger partial charge < -0.3 is 16.2 Å². The van der Waals surface area contributed by atoms with Crippen molar-refractivity contribution in [2.75, 3.05) is 12.3 Å². The van der Waals surface area contributed by atoms with Crippen molar-refractivity contribution in [1.82, 2.24) is 0 Å². The molecule has 0 saturated heterocycles. The van der Waals surface area contributed by atoms with Gasteiger partial charge in [-0.2, -0.15) is 0 Å². The second-order valence-corrected chi connectivity index (χ2v) is 3.99. The van der Waals surface area contributed by atoms with E-state index < -0.39 is 11.9 Å². The number of carbonyl (C=O) groups is 2. The number of carbonyl (C=O) groups excluding carboxylic acids is 2. The topological polar surface area (TPSA) is 95.4 Å². The van der Waals surface area contributed by atoms with Crippen LogP contribution in [0.3, 0.4) is 0 Å². The minimum Gasteiger partial charge on any atom is -0.449 e. The molecule has 0 aliphatic heterocycles. The van der Waals surface area contributed by atoms with Gasteiger partial charge in [0, 0.05) is 0 Å². The molecule has 0 radical (unpaired) electrons. The molecule has 0 saturated carbocycles. The van der Waals surface area contributed by atoms with Gasteiger partial charge in [-0.25, -0.2) is 4.79 Å². The first kappa shape index (κ1) is 12.1. The predicted molar refractivity (Wildman–Crippen MR) is 61.1 cm³/mol. The Hall–Kier alpha value is -2.00. The van der Waals surface area contributed by atoms with Crippen molar-refractivity contribution in [2.24, 2.45) is 5.73 Å². The highest BCUT2D eigenvalue weighted by molar-refractivity contribution is 7.18. The van der Waals surface area contributed by atoms with Gasteiger partial charge in [0.1, 0.15) is 5.00 Å². The highest BCUT2D eigenvalue weighted by Gasteiger charge is 2.22. The Morgan fingerprint density at radius 3 is 2.62 bits per heavy atom. The molecule has 0 atom stereocenters. The van der Waals surface area contributed by atoms with Gasteiger partial charge in [0.25, 0.3) is 5.91 Å². The van der Waals surface area contributed by atoms with Crippen LogP contribution in [-0.4, -0.2) is 18.5 Å². The Balaban J connectivity index is 3.10. The van der Waals surface area contributed by atoms with Crippen molar-refractivity contribution < 1.29 is 14.3 Å². The van der Waals surface area contributed by atoms with Crippen molar-refractivity contribution in [3.05, 3.63) is 16.0 Å². The lowest BCUT2D eigenvalue weighted by Crippen LogP contribution is -2.12. The number of esters is 1. The molecular weight excluding hydrogens is 228 g/mol. The lowest BCUT2D eigenvalue weighted by molar-refractivity contribution is 0.0557. The fourth-order valence-electron chi connectivity index (χ4n) is 1.20. The van der Waals surface area contributed by atoms with Crippen LogP contribution >= 0.6 is 11.3 Å². The van der Waals surface area contributed by atoms with Crippen LogP contribution in [0.2, 0.25) is 0 Å². The molecule has 84 valence electrons. The summed E-state index contributed by atoms with van der Waals surface area (Å²) in [4.78, 5) is 22.8. The Labute approximate surface area is 96.4 Å². The molecule has 16 heavy (non-hydrogen) atoms. The first-order valence-corrected chi connectivity index (χ1v) is 5.10. The lowest BCUT2D eigenvalue weighted by Gasteiger charge is -2.01. The standard InChI is InChI=1S/C10H10N2O3S/c1-3-4-15-10(14)6-5(2)7(8(11)13)16-9(6)12/h1H,4,12H2,2H3,(H2,11,13). The molecule has 1 aromatic rings. The summed E-state index contributed by atoms with van der Waals surface area (Å²) in [5.74, 6) is 0.903. The average Bonchev–Trinajstić information content (AvgIpc) is 2.51. The summed E-state index contributed by atoms with van der Waals surface area (Å²) in [5, 5.41) is 0.202. The number of ether oxygens (including phenoxy) is 1. The number of nitrogen functional groups attached to an aromatic ring is 1. The maximum absolute atomic E-state index is 11.5. The minimum absolute atomic E-state index is 0.139. The van der Waals surface area contributed by atoms with Crippen LogP contribution < -0.4 is 11.5 Å². The number of primary amides is 1. The second kappa shape index (κ2) is 4.68. The van der Waals surface area contributed by atoms with E-state index in [2.05, 4.69) is 5.92 Å². The molecule has 0 spiro atoms. The number of hydrogen-bond donors (Lipinski definition) is 2. The number of rotatable bonds is 3. The molecule has 1 heterocycles. The van der Waals surface area contributed by atoms with Gasteiger partial charge in [0.15, 0.2) is 6.61 Å². The molecule has 4 N–H and O–H groups in total. The van der Waals surface area contributed by atoms with Crippen LogP contribution in [0.5, 0.6) is 0 Å². The van der Waals surface area contributed by atoms with Crippen molar-refractivity contribution in [3.63, 3.8) is 0 Å². The molecule has 1 amide bonds. The Morgan fingerprint density at radius 1 is 1.56 bits per heavy atom. The van der Waals surface area contributed by atoms with Crippen LogP contribution in [0.15, 0.2) is 0 Å². The van der Waals surface area contributed by atoms with Crippen LogP contribution in [-0.2, 0) is 4.74 Å². The van der Waals surface area contributed by atoms with Gasteiger partial charge in [0.2, 0.25) is 0 Å². The molecule has 1 aromatic heterocycles. The molecule has 0 aromatic carbocycles. The number of thiophene rings is 1. The molecule has 1 rings (SSSR count). The number of terminal acetylenes is 1. The molecule has 5 nitrogen and oxygen atoms in total. The first-order chi connectivity index (χ1) is 7.49. The van der Waals surface area contributed by atoms with Gasteiger partial charge in [-0.05, 0) is 12.5 Å². The third-order valence-corrected chi connectivity index (χ3v) is 3.02. The lowest BCUT2D eigenvalue weighted by atomic mass is 10.1. The second-order valence-electron chi connectivity index (χ2n) is 2.94. The zero-order valence-electron chi connectivity index (χ0n) is 8.57. The third-order valence-electron chi connectivity index (χ3n) is 1.89. The number of hydrogen-bond acceptors (Lipinski definition) is 5. The summed E-state index contributed by atoms with van der Waals surface area (Å²) in [6.45, 7) is 1.44. The highest BCUT2D eigenvalue weighted by Crippen LogP contribution is 2.30. The summed E-state index contributed by atoms with van der Waals surface area (Å²) in [5.41, 5.74) is 11.3. The molecule has 0 fully saturated rings. The Morgan fingerprint density at radius 2 is 2.19 bits per heavy atom. The Kier molecular flexibility index (Phi) is 3.53. The molecule has 0 aliphatic rings. The normalized spacial score (nSPS) is 9.50. The van der Waals surface area contributed by atoms with Gasteiger partial charge in [0.05, 0.1) is 10.4 Å². The molecule has 0 unspecified atom stereocenters. The molecule has 6 heteroatoms. The first-order valence-electron chi connectivity index (χ1n) is 4.28. The maximum Gasteiger partial charge on any atom is 0.342 e. The maximum atomic E-state index is 11.5. The van der Waals surface area contributed by atoms with E-state index in [9.17, 15) is 9.59 Å². The van der Waals surface area contributed by atoms with E-state index in [0.29, 0.717) is 5.56 Å². The van der Waals surface area contributed by atoms with E-state index in [4.69, 9.17) is 22.6 Å². The SMILES string of the molecule is C#CCOC(=O)c1c(N)sc(C(N)=O)c1C. The third kappa shape index (κ3) is 2.15. The molecule has 0 aliphatic carbocycles. The average molecular weight is 238 g/mol. The smallest absolute Gasteiger partial charge is 0.342 e. The van der Waals surface area contributed by atoms with Crippen LogP contribution in [0.25, 0.3) is 0 Å². The minimum atomic E-state index is -0.642. The van der Waals surface area contributed by atoms with E-state index in [1.54, 1.807) is 6.92 Å². The van der Waals surface area contributed by atoms with Gasteiger partial charge in [-0.3, -0.25) is 4.79 Å². The van der Waals surface area contributed by atoms with Crippen molar-refractivity contribution in [2.45, 2.75) is 6.92 Å². The number of nitrogens with two attached hydrogens (primary N) is 2. The van der Waals surface area contributed by atoms with Crippen molar-refractivity contribution >= 4 is 28.2 Å². The fourth-order valence-corrected chi connectivity index (χ4v) is 2.12. The van der Waals surface area contributed by atoms with Crippen molar-refractivity contribution in [1.29, 1.82) is 0 Å². The quantitative estimate of drug-likeness (QED) is 0.593. The van der Waals surface area contributed by atoms with Crippen LogP contribution in [0.1, 0.15) is 25.6 Å². The zero-order chi connectivity index (χ0) is 12.3. The number of amides is 1. The molecule has 0 bridgehead atoms. The van der Waals surface area contributed by atoms with E-state index in [0.717, 1.165) is 11.3 Å². The van der Waals surface area contributed by atoms with Crippen molar-refractivity contribution in [3.8, 4) is 12.3 Å². The summed E-state index contributed by atoms with van der Waals surface area (Å²) < 4.78 is 4.73. The predicted octanol–water partition coefficient (Wildman–Crippen LogP) is 0.528. The largest absolute Gasteiger partial charge is 0.449 e. The van der Waals surface area contributed by atoms with Gasteiger partial charge in [-0.1, -0.05) is 5.92 Å². The highest BCUT2D eigenvalue weighted by atomic mass is 32.1. The van der Waals surface area contributed by atoms with Gasteiger partial charge >= 0.3 is 5.97 Å². The van der Waals surface area contributed by atoms with E-state index in [-0.39, 0.29) is 22.0 Å². The van der Waals surface area contributed by atoms with Crippen LogP contribution in [0.4, 0.5) is 5.00 Å². The van der Waals surface area contributed by atoms with E-state index >= 15 is 0 Å². The monoisotopic (exact) mass is 238 g/mol. The van der Waals surface area contributed by atoms with E-state index in [1.807, 2.05) is 0 Å². The number of anilines is 1. The van der Waals surface area contributed by atoms with E-state index in [1.165, 1.54) is 0 Å². The zero-order valence-corrected chi connectivity index (χ0v) is 9.39. The summed E-state index contributed by atoms with van der Waals surface area (Å²) in [7, 11) is 0. The summed E-state index contributed by atoms with van der Waals surface area (Å²) in [6.07, 6.45) is 4.95. The fraction of sp³-hybridized carbons (Fsp3) is 0.200. The summed E-state index contributed by atoms with van der Waals surface area (Å²) >= 11 is 0.962. The van der Waals surface area contributed by atoms with Gasteiger partial charge in [-0.15, -0.1) is 17.8 Å².